The molecule has 9 nitrogen and oxygen atoms in total. The van der Waals surface area contributed by atoms with Crippen LogP contribution in [0.1, 0.15) is 6.92 Å². The van der Waals surface area contributed by atoms with E-state index >= 15 is 0 Å². The smallest absolute Gasteiger partial charge is 0.326 e. The summed E-state index contributed by atoms with van der Waals surface area (Å²) in [5.74, 6) is -0.693. The van der Waals surface area contributed by atoms with Gasteiger partial charge in [-0.15, -0.1) is 0 Å². The van der Waals surface area contributed by atoms with E-state index in [0.29, 0.717) is 11.2 Å². The van der Waals surface area contributed by atoms with Gasteiger partial charge in [-0.05, 0) is 31.2 Å². The van der Waals surface area contributed by atoms with E-state index in [2.05, 4.69) is 15.0 Å². The van der Waals surface area contributed by atoms with E-state index in [1.807, 2.05) is 48.5 Å². The summed E-state index contributed by atoms with van der Waals surface area (Å²) in [6.45, 7) is 1.41. The molecule has 32 heavy (non-hydrogen) atoms. The van der Waals surface area contributed by atoms with Crippen molar-refractivity contribution in [2.24, 2.45) is 0 Å². The van der Waals surface area contributed by atoms with Crippen LogP contribution in [0.5, 0.6) is 0 Å². The molecule has 0 bridgehead atoms. The minimum absolute atomic E-state index is 0.159. The lowest BCUT2D eigenvalue weighted by molar-refractivity contribution is -0.154. The highest BCUT2D eigenvalue weighted by molar-refractivity contribution is 7.99. The number of amides is 1. The van der Waals surface area contributed by atoms with Gasteiger partial charge >= 0.3 is 5.97 Å². The van der Waals surface area contributed by atoms with Crippen LogP contribution in [0.3, 0.4) is 0 Å². The fourth-order valence-electron chi connectivity index (χ4n) is 3.56. The summed E-state index contributed by atoms with van der Waals surface area (Å²) in [7, 11) is 0. The van der Waals surface area contributed by atoms with Gasteiger partial charge in [0.25, 0.3) is 5.91 Å². The number of nitrogen functional groups attached to an aromatic ring is 1. The second kappa shape index (κ2) is 7.97. The molecule has 1 unspecified atom stereocenters. The van der Waals surface area contributed by atoms with Crippen LogP contribution in [0.4, 0.5) is 17.2 Å². The number of fused-ring (bicyclic) bond motifs is 3. The summed E-state index contributed by atoms with van der Waals surface area (Å²) in [6.07, 6.45) is 1.75. The van der Waals surface area contributed by atoms with E-state index in [1.54, 1.807) is 23.6 Å². The van der Waals surface area contributed by atoms with E-state index < -0.39 is 12.1 Å². The third kappa shape index (κ3) is 3.44. The third-order valence-electron chi connectivity index (χ3n) is 5.04. The number of hydrogen-bond donors (Lipinski definition) is 1. The molecule has 5 rings (SSSR count). The SMILES string of the molecule is CC(OC(=O)Cn1cnc2c(N)ncnc21)C(=O)N1c2ccccc2Sc2ccccc21. The van der Waals surface area contributed by atoms with Gasteiger partial charge in [-0.1, -0.05) is 36.0 Å². The molecule has 160 valence electrons. The molecule has 0 spiro atoms. The van der Waals surface area contributed by atoms with Gasteiger partial charge in [0.05, 0.1) is 17.7 Å². The first kappa shape index (κ1) is 20.0. The van der Waals surface area contributed by atoms with E-state index in [-0.39, 0.29) is 18.3 Å². The molecule has 1 aliphatic rings. The van der Waals surface area contributed by atoms with E-state index in [9.17, 15) is 9.59 Å². The van der Waals surface area contributed by atoms with Gasteiger partial charge < -0.3 is 15.0 Å². The quantitative estimate of drug-likeness (QED) is 0.475. The molecule has 2 aromatic heterocycles. The Kier molecular flexibility index (Phi) is 4.98. The summed E-state index contributed by atoms with van der Waals surface area (Å²) < 4.78 is 7.00. The van der Waals surface area contributed by atoms with Crippen LogP contribution in [0.15, 0.2) is 71.0 Å². The van der Waals surface area contributed by atoms with Crippen LogP contribution in [0.2, 0.25) is 0 Å². The maximum atomic E-state index is 13.4. The summed E-state index contributed by atoms with van der Waals surface area (Å²) in [4.78, 5) is 41.7. The number of esters is 1. The number of anilines is 3. The van der Waals surface area contributed by atoms with Crippen molar-refractivity contribution in [1.82, 2.24) is 19.5 Å². The molecule has 10 heteroatoms. The minimum Gasteiger partial charge on any atom is -0.451 e. The van der Waals surface area contributed by atoms with Gasteiger partial charge in [-0.25, -0.2) is 15.0 Å². The normalized spacial score (nSPS) is 13.3. The summed E-state index contributed by atoms with van der Waals surface area (Å²) >= 11 is 1.60. The molecular formula is C22H18N6O3S. The number of benzene rings is 2. The first-order valence-corrected chi connectivity index (χ1v) is 10.7. The number of nitrogens with two attached hydrogens (primary N) is 1. The Balaban J connectivity index is 1.37. The Morgan fingerprint density at radius 3 is 2.38 bits per heavy atom. The Morgan fingerprint density at radius 1 is 1.03 bits per heavy atom. The molecular weight excluding hydrogens is 428 g/mol. The molecule has 1 aliphatic heterocycles. The lowest BCUT2D eigenvalue weighted by atomic mass is 10.2. The summed E-state index contributed by atoms with van der Waals surface area (Å²) in [5, 5.41) is 0. The van der Waals surface area contributed by atoms with E-state index in [0.717, 1.165) is 21.2 Å². The topological polar surface area (TPSA) is 116 Å². The highest BCUT2D eigenvalue weighted by Gasteiger charge is 2.32. The van der Waals surface area contributed by atoms with Crippen molar-refractivity contribution >= 4 is 52.0 Å². The van der Waals surface area contributed by atoms with Gasteiger partial charge in [0.1, 0.15) is 18.4 Å². The van der Waals surface area contributed by atoms with E-state index in [1.165, 1.54) is 17.2 Å². The van der Waals surface area contributed by atoms with Crippen molar-refractivity contribution < 1.29 is 14.3 Å². The van der Waals surface area contributed by atoms with Crippen molar-refractivity contribution in [3.05, 3.63) is 61.2 Å². The first-order valence-electron chi connectivity index (χ1n) is 9.83. The molecule has 4 aromatic rings. The Hall–Kier alpha value is -3.92. The number of carbonyl (C=O) groups excluding carboxylic acids is 2. The maximum Gasteiger partial charge on any atom is 0.326 e. The monoisotopic (exact) mass is 446 g/mol. The van der Waals surface area contributed by atoms with Crippen molar-refractivity contribution in [2.45, 2.75) is 29.4 Å². The zero-order valence-electron chi connectivity index (χ0n) is 17.0. The lowest BCUT2D eigenvalue weighted by Gasteiger charge is -2.32. The third-order valence-corrected chi connectivity index (χ3v) is 6.17. The van der Waals surface area contributed by atoms with Crippen molar-refractivity contribution in [3.63, 3.8) is 0 Å². The molecule has 1 atom stereocenters. The Bertz CT molecular complexity index is 1310. The van der Waals surface area contributed by atoms with Gasteiger partial charge in [-0.2, -0.15) is 0 Å². The van der Waals surface area contributed by atoms with Crippen LogP contribution in [-0.2, 0) is 20.9 Å². The predicted octanol–water partition coefficient (Wildman–Crippen LogP) is 3.17. The first-order chi connectivity index (χ1) is 15.5. The van der Waals surface area contributed by atoms with Crippen LogP contribution in [0, 0.1) is 0 Å². The zero-order valence-corrected chi connectivity index (χ0v) is 17.8. The van der Waals surface area contributed by atoms with Gasteiger partial charge in [0.2, 0.25) is 0 Å². The molecule has 1 amide bonds. The van der Waals surface area contributed by atoms with Crippen molar-refractivity contribution in [2.75, 3.05) is 10.6 Å². The summed E-state index contributed by atoms with van der Waals surface area (Å²) in [6, 6.07) is 15.3. The number of imidazole rings is 1. The molecule has 2 N–H and O–H groups in total. The molecule has 0 aliphatic carbocycles. The Morgan fingerprint density at radius 2 is 1.69 bits per heavy atom. The van der Waals surface area contributed by atoms with E-state index in [4.69, 9.17) is 10.5 Å². The zero-order chi connectivity index (χ0) is 22.2. The highest BCUT2D eigenvalue weighted by Crippen LogP contribution is 2.48. The molecule has 2 aromatic carbocycles. The number of rotatable bonds is 4. The lowest BCUT2D eigenvalue weighted by Crippen LogP contribution is -2.38. The largest absolute Gasteiger partial charge is 0.451 e. The number of nitrogens with zero attached hydrogens (tertiary/aromatic N) is 5. The molecule has 0 radical (unpaired) electrons. The molecule has 3 heterocycles. The second-order valence-electron chi connectivity index (χ2n) is 7.15. The number of carbonyl (C=O) groups is 2. The second-order valence-corrected chi connectivity index (χ2v) is 8.23. The average molecular weight is 446 g/mol. The average Bonchev–Trinajstić information content (AvgIpc) is 3.20. The molecule has 0 fully saturated rings. The number of ether oxygens (including phenoxy) is 1. The van der Waals surface area contributed by atoms with Crippen LogP contribution >= 0.6 is 11.8 Å². The number of para-hydroxylation sites is 2. The van der Waals surface area contributed by atoms with Crippen molar-refractivity contribution in [3.8, 4) is 0 Å². The molecule has 0 saturated carbocycles. The fraction of sp³-hybridized carbons (Fsp3) is 0.136. The summed E-state index contributed by atoms with van der Waals surface area (Å²) in [5.41, 5.74) is 8.14. The highest BCUT2D eigenvalue weighted by atomic mass is 32.2. The van der Waals surface area contributed by atoms with Crippen LogP contribution < -0.4 is 10.6 Å². The maximum absolute atomic E-state index is 13.4. The fourth-order valence-corrected chi connectivity index (χ4v) is 4.62. The van der Waals surface area contributed by atoms with Gasteiger partial charge in [0, 0.05) is 9.79 Å². The standard InChI is InChI=1S/C22H18N6O3S/c1-13(31-18(29)10-27-12-26-19-20(23)24-11-25-21(19)27)22(30)28-14-6-2-4-8-16(14)32-17-9-5-3-7-15(17)28/h2-9,11-13H,10H2,1H3,(H2,23,24,25). The Labute approximate surface area is 187 Å². The molecule has 0 saturated heterocycles. The minimum atomic E-state index is -0.999. The van der Waals surface area contributed by atoms with Crippen molar-refractivity contribution in [1.29, 1.82) is 0 Å². The van der Waals surface area contributed by atoms with Crippen LogP contribution in [0.25, 0.3) is 11.2 Å². The number of aromatic nitrogens is 4. The predicted molar refractivity (Wildman–Crippen MR) is 119 cm³/mol. The number of hydrogen-bond acceptors (Lipinski definition) is 8. The van der Waals surface area contributed by atoms with Gasteiger partial charge in [-0.3, -0.25) is 14.5 Å². The van der Waals surface area contributed by atoms with Crippen LogP contribution in [-0.4, -0.2) is 37.5 Å². The van der Waals surface area contributed by atoms with Gasteiger partial charge in [0.15, 0.2) is 17.6 Å².